The van der Waals surface area contributed by atoms with Crippen molar-refractivity contribution in [3.8, 4) is 5.75 Å². The fourth-order valence-corrected chi connectivity index (χ4v) is 4.59. The summed E-state index contributed by atoms with van der Waals surface area (Å²) in [5, 5.41) is 0.372. The monoisotopic (exact) mass is 367 g/mol. The lowest BCUT2D eigenvalue weighted by Crippen LogP contribution is -2.47. The molecule has 0 saturated carbocycles. The number of hydrogen-bond acceptors (Lipinski definition) is 3. The fourth-order valence-electron chi connectivity index (χ4n) is 4.44. The molecule has 6 heteroatoms. The third-order valence-electron chi connectivity index (χ3n) is 5.74. The number of piperidine rings is 1. The minimum absolute atomic E-state index is 0.0426. The zero-order chi connectivity index (χ0) is 17.6. The van der Waals surface area contributed by atoms with E-state index in [9.17, 15) is 8.78 Å². The normalized spacial score (nSPS) is 29.1. The highest BCUT2D eigenvalue weighted by molar-refractivity contribution is 6.28. The lowest BCUT2D eigenvalue weighted by atomic mass is 9.79. The maximum Gasteiger partial charge on any atom is 0.200 e. The van der Waals surface area contributed by atoms with Crippen molar-refractivity contribution in [2.24, 2.45) is 5.92 Å². The fraction of sp³-hybridized carbons (Fsp3) is 0.474. The van der Waals surface area contributed by atoms with E-state index in [0.717, 1.165) is 31.1 Å². The minimum atomic E-state index is -0.937. The standard InChI is InChI=1S/C19H20ClF2NO2/c1-23-11-5-6-15(23)13(12(9-11)16-7-8-18(20)25-16)10-24-17-4-2-3-14(21)19(17)22/h2-4,7-8,11-13,15H,5-6,9-10H2,1H3/t11?,12-,13+,15?/m0/s1. The van der Waals surface area contributed by atoms with Gasteiger partial charge in [-0.2, -0.15) is 4.39 Å². The summed E-state index contributed by atoms with van der Waals surface area (Å²) in [6.07, 6.45) is 3.17. The Morgan fingerprint density at radius 3 is 2.84 bits per heavy atom. The molecule has 2 fully saturated rings. The van der Waals surface area contributed by atoms with Crippen LogP contribution in [-0.4, -0.2) is 30.6 Å². The Hall–Kier alpha value is -1.59. The number of nitrogens with zero attached hydrogens (tertiary/aromatic N) is 1. The Bertz CT molecular complexity index is 766. The highest BCUT2D eigenvalue weighted by Crippen LogP contribution is 2.47. The maximum absolute atomic E-state index is 13.9. The van der Waals surface area contributed by atoms with Crippen LogP contribution in [0.4, 0.5) is 8.78 Å². The van der Waals surface area contributed by atoms with E-state index in [1.165, 1.54) is 12.1 Å². The number of benzene rings is 1. The highest BCUT2D eigenvalue weighted by atomic mass is 35.5. The average molecular weight is 368 g/mol. The van der Waals surface area contributed by atoms with Gasteiger partial charge in [-0.1, -0.05) is 6.07 Å². The van der Waals surface area contributed by atoms with Crippen LogP contribution in [0.25, 0.3) is 0 Å². The van der Waals surface area contributed by atoms with Crippen LogP contribution in [0.3, 0.4) is 0 Å². The van der Waals surface area contributed by atoms with Gasteiger partial charge < -0.3 is 14.1 Å². The number of hydrogen-bond donors (Lipinski definition) is 0. The van der Waals surface area contributed by atoms with Gasteiger partial charge in [-0.3, -0.25) is 0 Å². The summed E-state index contributed by atoms with van der Waals surface area (Å²) in [5.41, 5.74) is 0. The van der Waals surface area contributed by atoms with Gasteiger partial charge in [0.1, 0.15) is 5.76 Å². The average Bonchev–Trinajstić information content (AvgIpc) is 3.11. The molecule has 25 heavy (non-hydrogen) atoms. The Morgan fingerprint density at radius 2 is 2.08 bits per heavy atom. The predicted molar refractivity (Wildman–Crippen MR) is 91.0 cm³/mol. The Morgan fingerprint density at radius 1 is 1.24 bits per heavy atom. The van der Waals surface area contributed by atoms with Crippen molar-refractivity contribution in [2.45, 2.75) is 37.3 Å². The van der Waals surface area contributed by atoms with Gasteiger partial charge in [0.2, 0.25) is 5.82 Å². The van der Waals surface area contributed by atoms with E-state index in [0.29, 0.717) is 23.9 Å². The molecule has 0 aliphatic carbocycles. The van der Waals surface area contributed by atoms with Crippen LogP contribution in [-0.2, 0) is 0 Å². The Kier molecular flexibility index (Phi) is 4.46. The minimum Gasteiger partial charge on any atom is -0.490 e. The predicted octanol–water partition coefficient (Wildman–Crippen LogP) is 4.86. The first-order valence-electron chi connectivity index (χ1n) is 8.58. The molecule has 1 aromatic carbocycles. The molecule has 0 N–H and O–H groups in total. The van der Waals surface area contributed by atoms with Crippen molar-refractivity contribution >= 4 is 11.6 Å². The molecular weight excluding hydrogens is 348 g/mol. The van der Waals surface area contributed by atoms with Gasteiger partial charge in [0.25, 0.3) is 0 Å². The number of fused-ring (bicyclic) bond motifs is 2. The summed E-state index contributed by atoms with van der Waals surface area (Å²) >= 11 is 5.96. The molecule has 4 rings (SSSR count). The molecule has 2 unspecified atom stereocenters. The molecule has 0 spiro atoms. The van der Waals surface area contributed by atoms with Crippen molar-refractivity contribution in [3.63, 3.8) is 0 Å². The van der Waals surface area contributed by atoms with E-state index in [1.807, 2.05) is 6.07 Å². The van der Waals surface area contributed by atoms with Gasteiger partial charge in [-0.15, -0.1) is 0 Å². The number of furan rings is 1. The van der Waals surface area contributed by atoms with Crippen LogP contribution in [0, 0.1) is 17.6 Å². The van der Waals surface area contributed by atoms with E-state index >= 15 is 0 Å². The number of halogens is 3. The molecule has 3 nitrogen and oxygen atoms in total. The molecule has 2 saturated heterocycles. The summed E-state index contributed by atoms with van der Waals surface area (Å²) in [4.78, 5) is 2.39. The number of ether oxygens (including phenoxy) is 1. The van der Waals surface area contributed by atoms with Gasteiger partial charge in [0.05, 0.1) is 6.61 Å². The second-order valence-corrected chi connectivity index (χ2v) is 7.35. The van der Waals surface area contributed by atoms with Crippen LogP contribution in [0.5, 0.6) is 5.75 Å². The first-order valence-corrected chi connectivity index (χ1v) is 8.96. The van der Waals surface area contributed by atoms with E-state index in [2.05, 4.69) is 11.9 Å². The molecular formula is C19H20ClF2NO2. The molecule has 1 aromatic heterocycles. The molecule has 134 valence electrons. The molecule has 4 atom stereocenters. The van der Waals surface area contributed by atoms with Gasteiger partial charge in [-0.25, -0.2) is 4.39 Å². The van der Waals surface area contributed by atoms with E-state index < -0.39 is 11.6 Å². The van der Waals surface area contributed by atoms with E-state index in [1.54, 1.807) is 6.07 Å². The first-order chi connectivity index (χ1) is 12.0. The SMILES string of the molecule is CN1C2CCC1[C@H](COc1cccc(F)c1F)[C@@H](c1ccc(Cl)o1)C2. The molecule has 0 amide bonds. The topological polar surface area (TPSA) is 25.6 Å². The summed E-state index contributed by atoms with van der Waals surface area (Å²) in [7, 11) is 2.13. The first kappa shape index (κ1) is 16.9. The molecule has 2 bridgehead atoms. The van der Waals surface area contributed by atoms with Gasteiger partial charge in [-0.05, 0) is 62.2 Å². The summed E-state index contributed by atoms with van der Waals surface area (Å²) < 4.78 is 38.7. The van der Waals surface area contributed by atoms with Crippen LogP contribution in [0.15, 0.2) is 34.7 Å². The molecule has 3 heterocycles. The van der Waals surface area contributed by atoms with Gasteiger partial charge in [0.15, 0.2) is 16.8 Å². The van der Waals surface area contributed by atoms with Crippen molar-refractivity contribution in [1.29, 1.82) is 0 Å². The van der Waals surface area contributed by atoms with Crippen molar-refractivity contribution in [2.75, 3.05) is 13.7 Å². The van der Waals surface area contributed by atoms with E-state index in [-0.39, 0.29) is 17.6 Å². The van der Waals surface area contributed by atoms with Crippen molar-refractivity contribution in [1.82, 2.24) is 4.90 Å². The third-order valence-corrected chi connectivity index (χ3v) is 5.94. The lowest BCUT2D eigenvalue weighted by molar-refractivity contribution is 0.0584. The molecule has 2 aliphatic heterocycles. The van der Waals surface area contributed by atoms with Crippen LogP contribution >= 0.6 is 11.6 Å². The lowest BCUT2D eigenvalue weighted by Gasteiger charge is -2.42. The molecule has 2 aliphatic rings. The molecule has 2 aromatic rings. The zero-order valence-corrected chi connectivity index (χ0v) is 14.7. The number of rotatable bonds is 4. The maximum atomic E-state index is 13.9. The third kappa shape index (κ3) is 3.04. The smallest absolute Gasteiger partial charge is 0.200 e. The van der Waals surface area contributed by atoms with Crippen LogP contribution in [0.1, 0.15) is 30.9 Å². The van der Waals surface area contributed by atoms with Crippen molar-refractivity contribution in [3.05, 3.63) is 52.9 Å². The van der Waals surface area contributed by atoms with Crippen LogP contribution in [0.2, 0.25) is 5.22 Å². The summed E-state index contributed by atoms with van der Waals surface area (Å²) in [6, 6.07) is 8.52. The Balaban J connectivity index is 1.58. The quantitative estimate of drug-likeness (QED) is 0.772. The van der Waals surface area contributed by atoms with Crippen molar-refractivity contribution < 1.29 is 17.9 Å². The second kappa shape index (κ2) is 6.61. The Labute approximate surface area is 150 Å². The van der Waals surface area contributed by atoms with Gasteiger partial charge >= 0.3 is 0 Å². The van der Waals surface area contributed by atoms with Gasteiger partial charge in [0, 0.05) is 23.9 Å². The second-order valence-electron chi connectivity index (χ2n) is 6.97. The summed E-state index contributed by atoms with van der Waals surface area (Å²) in [6.45, 7) is 0.311. The largest absolute Gasteiger partial charge is 0.490 e. The van der Waals surface area contributed by atoms with Crippen LogP contribution < -0.4 is 4.74 Å². The molecule has 0 radical (unpaired) electrons. The highest BCUT2D eigenvalue weighted by Gasteiger charge is 2.47. The zero-order valence-electron chi connectivity index (χ0n) is 13.9. The summed E-state index contributed by atoms with van der Waals surface area (Å²) in [5.74, 6) is -0.726. The van der Waals surface area contributed by atoms with E-state index in [4.69, 9.17) is 20.8 Å².